The molecule has 0 saturated heterocycles. The van der Waals surface area contributed by atoms with E-state index in [9.17, 15) is 4.79 Å². The lowest BCUT2D eigenvalue weighted by atomic mass is 10.2. The molecule has 0 aliphatic heterocycles. The van der Waals surface area contributed by atoms with Gasteiger partial charge in [0.25, 0.3) is 0 Å². The number of hydrogen-bond donors (Lipinski definition) is 2. The minimum Gasteiger partial charge on any atom is -0.474 e. The molecule has 26 heavy (non-hydrogen) atoms. The third kappa shape index (κ3) is 4.84. The minimum absolute atomic E-state index is 0.235. The van der Waals surface area contributed by atoms with Crippen LogP contribution in [0, 0.1) is 0 Å². The molecule has 0 bridgehead atoms. The van der Waals surface area contributed by atoms with Crippen molar-refractivity contribution < 1.29 is 9.53 Å². The Kier molecular flexibility index (Phi) is 5.88. The second kappa shape index (κ2) is 8.51. The zero-order valence-corrected chi connectivity index (χ0v) is 15.2. The molecule has 1 aliphatic rings. The summed E-state index contributed by atoms with van der Waals surface area (Å²) in [6, 6.07) is 7.15. The number of ether oxygens (including phenoxy) is 1. The number of amides is 2. The number of aromatic nitrogens is 2. The van der Waals surface area contributed by atoms with Gasteiger partial charge in [0.05, 0.1) is 11.9 Å². The molecule has 0 spiro atoms. The van der Waals surface area contributed by atoms with Crippen molar-refractivity contribution >= 4 is 17.5 Å². The summed E-state index contributed by atoms with van der Waals surface area (Å²) in [7, 11) is 3.84. The third-order valence-electron chi connectivity index (χ3n) is 4.33. The summed E-state index contributed by atoms with van der Waals surface area (Å²) in [4.78, 5) is 22.6. The van der Waals surface area contributed by atoms with Crippen LogP contribution in [0.15, 0.2) is 36.7 Å². The van der Waals surface area contributed by atoms with Crippen molar-refractivity contribution in [3.63, 3.8) is 0 Å². The smallest absolute Gasteiger partial charge is 0.319 e. The highest BCUT2D eigenvalue weighted by atomic mass is 16.5. The van der Waals surface area contributed by atoms with Gasteiger partial charge in [-0.2, -0.15) is 0 Å². The van der Waals surface area contributed by atoms with Gasteiger partial charge in [0, 0.05) is 32.4 Å². The minimum atomic E-state index is -0.292. The van der Waals surface area contributed by atoms with Gasteiger partial charge in [-0.25, -0.2) is 14.8 Å². The number of carbonyl (C=O) groups is 1. The number of anilines is 2. The third-order valence-corrected chi connectivity index (χ3v) is 4.33. The molecule has 0 aromatic carbocycles. The van der Waals surface area contributed by atoms with Gasteiger partial charge >= 0.3 is 6.03 Å². The molecule has 1 fully saturated rings. The molecule has 2 amide bonds. The van der Waals surface area contributed by atoms with Crippen LogP contribution in [0.3, 0.4) is 0 Å². The summed E-state index contributed by atoms with van der Waals surface area (Å²) >= 11 is 0. The zero-order chi connectivity index (χ0) is 18.4. The molecule has 138 valence electrons. The number of urea groups is 1. The first kappa shape index (κ1) is 18.0. The van der Waals surface area contributed by atoms with Gasteiger partial charge in [-0.3, -0.25) is 0 Å². The molecule has 2 aromatic rings. The lowest BCUT2D eigenvalue weighted by Crippen LogP contribution is -2.28. The quantitative estimate of drug-likeness (QED) is 0.832. The van der Waals surface area contributed by atoms with E-state index in [0.717, 1.165) is 24.2 Å². The topological polar surface area (TPSA) is 79.4 Å². The number of rotatable bonds is 6. The van der Waals surface area contributed by atoms with Crippen molar-refractivity contribution in [3.05, 3.63) is 42.2 Å². The number of carbonyl (C=O) groups excluding carboxylic acids is 1. The van der Waals surface area contributed by atoms with Gasteiger partial charge in [0.1, 0.15) is 11.9 Å². The fraction of sp³-hybridized carbons (Fsp3) is 0.421. The van der Waals surface area contributed by atoms with Crippen LogP contribution in [0.4, 0.5) is 16.3 Å². The Hall–Kier alpha value is -2.83. The Balaban J connectivity index is 1.54. The van der Waals surface area contributed by atoms with Crippen LogP contribution in [0.1, 0.15) is 31.2 Å². The number of hydrogen-bond acceptors (Lipinski definition) is 5. The average Bonchev–Trinajstić information content (AvgIpc) is 3.14. The molecule has 2 aromatic heterocycles. The lowest BCUT2D eigenvalue weighted by Gasteiger charge is -2.16. The van der Waals surface area contributed by atoms with Crippen molar-refractivity contribution in [2.75, 3.05) is 24.3 Å². The van der Waals surface area contributed by atoms with E-state index in [1.54, 1.807) is 12.4 Å². The van der Waals surface area contributed by atoms with Crippen LogP contribution in [0.2, 0.25) is 0 Å². The van der Waals surface area contributed by atoms with E-state index >= 15 is 0 Å². The maximum absolute atomic E-state index is 12.1. The largest absolute Gasteiger partial charge is 0.474 e. The standard InChI is InChI=1S/C19H25N5O2/c1-24(2)17-10-9-15(13-21-17)23-19(25)22-12-14-6-5-11-20-18(14)26-16-7-3-4-8-16/h5-6,9-11,13,16H,3-4,7-8,12H2,1-2H3,(H2,22,23,25). The van der Waals surface area contributed by atoms with Crippen LogP contribution >= 0.6 is 0 Å². The summed E-state index contributed by atoms with van der Waals surface area (Å²) in [5, 5.41) is 5.62. The highest BCUT2D eigenvalue weighted by molar-refractivity contribution is 5.89. The van der Waals surface area contributed by atoms with E-state index in [-0.39, 0.29) is 12.1 Å². The van der Waals surface area contributed by atoms with E-state index < -0.39 is 0 Å². The molecular weight excluding hydrogens is 330 g/mol. The molecule has 7 nitrogen and oxygen atoms in total. The molecule has 0 radical (unpaired) electrons. The molecule has 1 aliphatic carbocycles. The molecule has 3 rings (SSSR count). The van der Waals surface area contributed by atoms with Gasteiger partial charge in [0.2, 0.25) is 5.88 Å². The van der Waals surface area contributed by atoms with Crippen LogP contribution in [0.5, 0.6) is 5.88 Å². The summed E-state index contributed by atoms with van der Waals surface area (Å²) in [5.74, 6) is 1.44. The molecule has 0 unspecified atom stereocenters. The summed E-state index contributed by atoms with van der Waals surface area (Å²) < 4.78 is 6.00. The second-order valence-corrected chi connectivity index (χ2v) is 6.60. The molecule has 0 atom stereocenters. The van der Waals surface area contributed by atoms with E-state index in [2.05, 4.69) is 20.6 Å². The van der Waals surface area contributed by atoms with E-state index in [1.165, 1.54) is 12.8 Å². The maximum Gasteiger partial charge on any atom is 0.319 e. The zero-order valence-electron chi connectivity index (χ0n) is 15.2. The van der Waals surface area contributed by atoms with Gasteiger partial charge in [-0.15, -0.1) is 0 Å². The molecule has 1 saturated carbocycles. The average molecular weight is 355 g/mol. The molecule has 2 heterocycles. The predicted octanol–water partition coefficient (Wildman–Crippen LogP) is 3.19. The van der Waals surface area contributed by atoms with Crippen LogP contribution in [-0.2, 0) is 6.54 Å². The van der Waals surface area contributed by atoms with Crippen molar-refractivity contribution in [3.8, 4) is 5.88 Å². The lowest BCUT2D eigenvalue weighted by molar-refractivity contribution is 0.199. The predicted molar refractivity (Wildman–Crippen MR) is 102 cm³/mol. The highest BCUT2D eigenvalue weighted by Crippen LogP contribution is 2.25. The SMILES string of the molecule is CN(C)c1ccc(NC(=O)NCc2cccnc2OC2CCCC2)cn1. The van der Waals surface area contributed by atoms with Crippen molar-refractivity contribution in [1.29, 1.82) is 0 Å². The Morgan fingerprint density at radius 3 is 2.73 bits per heavy atom. The molecule has 7 heteroatoms. The highest BCUT2D eigenvalue weighted by Gasteiger charge is 2.18. The maximum atomic E-state index is 12.1. The van der Waals surface area contributed by atoms with E-state index in [4.69, 9.17) is 4.74 Å². The monoisotopic (exact) mass is 355 g/mol. The first-order chi connectivity index (χ1) is 12.6. The van der Waals surface area contributed by atoms with Crippen molar-refractivity contribution in [2.45, 2.75) is 38.3 Å². The Morgan fingerprint density at radius 1 is 1.23 bits per heavy atom. The number of pyridine rings is 2. The molecular formula is C19H25N5O2. The fourth-order valence-corrected chi connectivity index (χ4v) is 2.90. The number of nitrogens with one attached hydrogen (secondary N) is 2. The van der Waals surface area contributed by atoms with E-state index in [0.29, 0.717) is 18.1 Å². The Labute approximate surface area is 153 Å². The first-order valence-corrected chi connectivity index (χ1v) is 8.90. The van der Waals surface area contributed by atoms with Crippen molar-refractivity contribution in [2.24, 2.45) is 0 Å². The van der Waals surface area contributed by atoms with Crippen molar-refractivity contribution in [1.82, 2.24) is 15.3 Å². The van der Waals surface area contributed by atoms with Crippen LogP contribution < -0.4 is 20.3 Å². The van der Waals surface area contributed by atoms with Gasteiger partial charge in [-0.05, 0) is 43.9 Å². The van der Waals surface area contributed by atoms with Crippen LogP contribution in [0.25, 0.3) is 0 Å². The normalized spacial score (nSPS) is 14.1. The summed E-state index contributed by atoms with van der Waals surface area (Å²) in [5.41, 5.74) is 1.51. The second-order valence-electron chi connectivity index (χ2n) is 6.60. The Morgan fingerprint density at radius 2 is 2.04 bits per heavy atom. The Bertz CT molecular complexity index is 727. The first-order valence-electron chi connectivity index (χ1n) is 8.90. The number of nitrogens with zero attached hydrogens (tertiary/aromatic N) is 3. The van der Waals surface area contributed by atoms with E-state index in [1.807, 2.05) is 43.3 Å². The fourth-order valence-electron chi connectivity index (χ4n) is 2.90. The molecule has 2 N–H and O–H groups in total. The van der Waals surface area contributed by atoms with Crippen LogP contribution in [-0.4, -0.2) is 36.2 Å². The van der Waals surface area contributed by atoms with Gasteiger partial charge in [0.15, 0.2) is 0 Å². The van der Waals surface area contributed by atoms with Gasteiger partial charge in [-0.1, -0.05) is 6.07 Å². The van der Waals surface area contributed by atoms with Gasteiger partial charge < -0.3 is 20.3 Å². The summed E-state index contributed by atoms with van der Waals surface area (Å²) in [6.45, 7) is 0.352. The summed E-state index contributed by atoms with van der Waals surface area (Å²) in [6.07, 6.45) is 8.13.